The molecule has 11 heteroatoms. The summed E-state index contributed by atoms with van der Waals surface area (Å²) >= 11 is 0. The van der Waals surface area contributed by atoms with E-state index in [1.807, 2.05) is 5.32 Å². The van der Waals surface area contributed by atoms with Gasteiger partial charge in [0, 0.05) is 5.69 Å². The second-order valence-corrected chi connectivity index (χ2v) is 5.18. The Morgan fingerprint density at radius 1 is 1.24 bits per heavy atom. The number of hydrogen-bond acceptors (Lipinski definition) is 4. The van der Waals surface area contributed by atoms with Gasteiger partial charge in [-0.05, 0) is 18.2 Å². The molecule has 2 amide bonds. The zero-order valence-corrected chi connectivity index (χ0v) is 12.4. The summed E-state index contributed by atoms with van der Waals surface area (Å²) in [7, 11) is 0. The maximum absolute atomic E-state index is 13.1. The van der Waals surface area contributed by atoms with Crippen LogP contribution in [0.15, 0.2) is 24.3 Å². The van der Waals surface area contributed by atoms with Crippen molar-refractivity contribution in [3.63, 3.8) is 0 Å². The average Bonchev–Trinajstić information content (AvgIpc) is 2.91. The van der Waals surface area contributed by atoms with Crippen LogP contribution in [0.4, 0.5) is 36.8 Å². The number of imide groups is 1. The predicted molar refractivity (Wildman–Crippen MR) is 72.6 cm³/mol. The minimum Gasteiger partial charge on any atom is -0.447 e. The molecule has 1 aliphatic rings. The van der Waals surface area contributed by atoms with Crippen LogP contribution in [0.5, 0.6) is 0 Å². The standard InChI is InChI=1S/C14H12F6N2O3/c15-13(16,17)8-2-1-3-9(6-8)21-10(14(18,19)20)7-11(23)22-4-5-25-12(22)24/h1-3,6,10,21H,4-5,7H2/t10-/m1/s1. The summed E-state index contributed by atoms with van der Waals surface area (Å²) < 4.78 is 81.7. The van der Waals surface area contributed by atoms with Crippen LogP contribution >= 0.6 is 0 Å². The van der Waals surface area contributed by atoms with Gasteiger partial charge >= 0.3 is 18.4 Å². The third-order valence-corrected chi connectivity index (χ3v) is 3.37. The lowest BCUT2D eigenvalue weighted by atomic mass is 10.1. The van der Waals surface area contributed by atoms with Gasteiger partial charge in [0.1, 0.15) is 12.6 Å². The predicted octanol–water partition coefficient (Wildman–Crippen LogP) is 3.42. The number of benzene rings is 1. The molecule has 138 valence electrons. The SMILES string of the molecule is O=C(C[C@@H](Nc1cccc(C(F)(F)F)c1)C(F)(F)F)N1CCOC1=O. The first-order chi connectivity index (χ1) is 11.5. The van der Waals surface area contributed by atoms with Crippen molar-refractivity contribution < 1.29 is 40.7 Å². The van der Waals surface area contributed by atoms with Crippen molar-refractivity contribution in [1.29, 1.82) is 0 Å². The van der Waals surface area contributed by atoms with Crippen molar-refractivity contribution in [2.75, 3.05) is 18.5 Å². The molecule has 1 aliphatic heterocycles. The van der Waals surface area contributed by atoms with E-state index in [1.165, 1.54) is 0 Å². The molecule has 25 heavy (non-hydrogen) atoms. The van der Waals surface area contributed by atoms with Crippen LogP contribution in [0.1, 0.15) is 12.0 Å². The first kappa shape index (κ1) is 18.9. The summed E-state index contributed by atoms with van der Waals surface area (Å²) in [5.41, 5.74) is -1.58. The molecule has 1 N–H and O–H groups in total. The minimum absolute atomic E-state index is 0.123. The van der Waals surface area contributed by atoms with E-state index >= 15 is 0 Å². The fourth-order valence-corrected chi connectivity index (χ4v) is 2.14. The van der Waals surface area contributed by atoms with Gasteiger partial charge < -0.3 is 10.1 Å². The number of hydrogen-bond donors (Lipinski definition) is 1. The number of halogens is 6. The van der Waals surface area contributed by atoms with Crippen LogP contribution in [0.2, 0.25) is 0 Å². The fourth-order valence-electron chi connectivity index (χ4n) is 2.14. The lowest BCUT2D eigenvalue weighted by molar-refractivity contribution is -0.153. The quantitative estimate of drug-likeness (QED) is 0.826. The Labute approximate surface area is 137 Å². The van der Waals surface area contributed by atoms with Gasteiger partial charge in [0.2, 0.25) is 5.91 Å². The number of carbonyl (C=O) groups excluding carboxylic acids is 2. The van der Waals surface area contributed by atoms with Gasteiger partial charge in [-0.15, -0.1) is 0 Å². The van der Waals surface area contributed by atoms with Crippen LogP contribution in [0.25, 0.3) is 0 Å². The number of nitrogens with zero attached hydrogens (tertiary/aromatic N) is 1. The molecule has 2 rings (SSSR count). The zero-order valence-electron chi connectivity index (χ0n) is 12.4. The molecule has 1 heterocycles. The van der Waals surface area contributed by atoms with E-state index in [-0.39, 0.29) is 13.2 Å². The van der Waals surface area contributed by atoms with E-state index < -0.39 is 48.1 Å². The van der Waals surface area contributed by atoms with Crippen molar-refractivity contribution in [3.05, 3.63) is 29.8 Å². The number of carbonyl (C=O) groups is 2. The third-order valence-electron chi connectivity index (χ3n) is 3.37. The Hall–Kier alpha value is -2.46. The van der Waals surface area contributed by atoms with Crippen LogP contribution < -0.4 is 5.32 Å². The first-order valence-corrected chi connectivity index (χ1v) is 6.96. The second kappa shape index (κ2) is 6.81. The van der Waals surface area contributed by atoms with Crippen LogP contribution in [-0.4, -0.2) is 42.3 Å². The number of amides is 2. The maximum Gasteiger partial charge on any atom is 0.416 e. The van der Waals surface area contributed by atoms with Gasteiger partial charge in [-0.1, -0.05) is 6.07 Å². The van der Waals surface area contributed by atoms with Gasteiger partial charge in [0.15, 0.2) is 0 Å². The van der Waals surface area contributed by atoms with E-state index in [4.69, 9.17) is 0 Å². The topological polar surface area (TPSA) is 58.6 Å². The van der Waals surface area contributed by atoms with E-state index in [9.17, 15) is 35.9 Å². The number of nitrogens with one attached hydrogen (secondary N) is 1. The number of rotatable bonds is 4. The summed E-state index contributed by atoms with van der Waals surface area (Å²) in [5, 5.41) is 1.88. The molecule has 1 aromatic carbocycles. The highest BCUT2D eigenvalue weighted by Crippen LogP contribution is 2.32. The summed E-state index contributed by atoms with van der Waals surface area (Å²) in [5.74, 6) is -1.13. The molecule has 1 fully saturated rings. The Morgan fingerprint density at radius 2 is 1.92 bits per heavy atom. The Bertz CT molecular complexity index is 659. The molecule has 0 aliphatic carbocycles. The van der Waals surface area contributed by atoms with E-state index in [0.29, 0.717) is 17.0 Å². The summed E-state index contributed by atoms with van der Waals surface area (Å²) in [6.07, 6.45) is -11.9. The Balaban J connectivity index is 2.16. The van der Waals surface area contributed by atoms with Crippen molar-refractivity contribution >= 4 is 17.7 Å². The highest BCUT2D eigenvalue weighted by molar-refractivity contribution is 5.93. The average molecular weight is 370 g/mol. The van der Waals surface area contributed by atoms with E-state index in [2.05, 4.69) is 4.74 Å². The summed E-state index contributed by atoms with van der Waals surface area (Å²) in [6.45, 7) is -0.298. The van der Waals surface area contributed by atoms with Crippen LogP contribution in [0, 0.1) is 0 Å². The normalized spacial score (nSPS) is 16.6. The molecule has 1 atom stereocenters. The van der Waals surface area contributed by atoms with E-state index in [1.54, 1.807) is 0 Å². The highest BCUT2D eigenvalue weighted by Gasteiger charge is 2.43. The Kier molecular flexibility index (Phi) is 5.14. The molecule has 0 bridgehead atoms. The van der Waals surface area contributed by atoms with Crippen molar-refractivity contribution in [1.82, 2.24) is 4.90 Å². The van der Waals surface area contributed by atoms with Crippen molar-refractivity contribution in [2.24, 2.45) is 0 Å². The molecule has 0 saturated carbocycles. The molecule has 1 saturated heterocycles. The zero-order chi connectivity index (χ0) is 18.8. The molecule has 5 nitrogen and oxygen atoms in total. The van der Waals surface area contributed by atoms with Gasteiger partial charge in [-0.2, -0.15) is 26.3 Å². The number of alkyl halides is 6. The van der Waals surface area contributed by atoms with Gasteiger partial charge in [-0.25, -0.2) is 9.69 Å². The lowest BCUT2D eigenvalue weighted by Gasteiger charge is -2.24. The molecular weight excluding hydrogens is 358 g/mol. The van der Waals surface area contributed by atoms with Crippen LogP contribution in [0.3, 0.4) is 0 Å². The van der Waals surface area contributed by atoms with Gasteiger partial charge in [-0.3, -0.25) is 4.79 Å². The molecule has 0 spiro atoms. The fraction of sp³-hybridized carbons (Fsp3) is 0.429. The highest BCUT2D eigenvalue weighted by atomic mass is 19.4. The first-order valence-electron chi connectivity index (χ1n) is 6.96. The van der Waals surface area contributed by atoms with E-state index in [0.717, 1.165) is 12.1 Å². The van der Waals surface area contributed by atoms with Crippen LogP contribution in [-0.2, 0) is 15.7 Å². The monoisotopic (exact) mass is 370 g/mol. The van der Waals surface area contributed by atoms with Gasteiger partial charge in [0.25, 0.3) is 0 Å². The Morgan fingerprint density at radius 3 is 2.44 bits per heavy atom. The van der Waals surface area contributed by atoms with Crippen molar-refractivity contribution in [3.8, 4) is 0 Å². The number of anilines is 1. The smallest absolute Gasteiger partial charge is 0.416 e. The largest absolute Gasteiger partial charge is 0.447 e. The number of cyclic esters (lactones) is 1. The molecule has 1 aromatic rings. The maximum atomic E-state index is 13.1. The summed E-state index contributed by atoms with van der Waals surface area (Å²) in [4.78, 5) is 23.6. The summed E-state index contributed by atoms with van der Waals surface area (Å²) in [6, 6.07) is 0.713. The molecule has 0 unspecified atom stereocenters. The van der Waals surface area contributed by atoms with Gasteiger partial charge in [0.05, 0.1) is 18.5 Å². The second-order valence-electron chi connectivity index (χ2n) is 5.18. The number of ether oxygens (including phenoxy) is 1. The molecule has 0 aromatic heterocycles. The molecule has 0 radical (unpaired) electrons. The molecular formula is C14H12F6N2O3. The lowest BCUT2D eigenvalue weighted by Crippen LogP contribution is -2.42. The third kappa shape index (κ3) is 4.77. The van der Waals surface area contributed by atoms with Crippen molar-refractivity contribution in [2.45, 2.75) is 24.8 Å². The minimum atomic E-state index is -4.92.